The van der Waals surface area contributed by atoms with Crippen LogP contribution in [0.5, 0.6) is 0 Å². The quantitative estimate of drug-likeness (QED) is 0.699. The minimum Gasteiger partial charge on any atom is -0.354 e. The van der Waals surface area contributed by atoms with E-state index in [4.69, 9.17) is 5.73 Å². The topological polar surface area (TPSA) is 55.1 Å². The first-order valence-corrected chi connectivity index (χ1v) is 5.54. The Morgan fingerprint density at radius 2 is 2.21 bits per heavy atom. The summed E-state index contributed by atoms with van der Waals surface area (Å²) in [5, 5.41) is 2.94. The second-order valence-electron chi connectivity index (χ2n) is 4.85. The molecule has 0 aromatic heterocycles. The van der Waals surface area contributed by atoms with Gasteiger partial charge < -0.3 is 11.1 Å². The van der Waals surface area contributed by atoms with Gasteiger partial charge in [-0.25, -0.2) is 0 Å². The fraction of sp³-hybridized carbons (Fsp3) is 0.909. The average Bonchev–Trinajstić information content (AvgIpc) is 2.77. The first kappa shape index (κ1) is 11.5. The summed E-state index contributed by atoms with van der Waals surface area (Å²) in [7, 11) is 0. The summed E-state index contributed by atoms with van der Waals surface area (Å²) in [5.41, 5.74) is 5.21. The van der Waals surface area contributed by atoms with Gasteiger partial charge in [0.1, 0.15) is 0 Å². The Hall–Kier alpha value is -0.570. The van der Waals surface area contributed by atoms with Gasteiger partial charge >= 0.3 is 0 Å². The summed E-state index contributed by atoms with van der Waals surface area (Å²) in [6.45, 7) is 6.87. The van der Waals surface area contributed by atoms with E-state index in [0.717, 1.165) is 25.3 Å². The number of nitrogens with two attached hydrogens (primary N) is 1. The molecule has 3 nitrogen and oxygen atoms in total. The molecule has 0 bridgehead atoms. The van der Waals surface area contributed by atoms with Crippen LogP contribution in [0.15, 0.2) is 0 Å². The Bertz CT molecular complexity index is 213. The SMILES string of the molecule is CCCC(C)(N)C(=O)NCC1CC1C. The van der Waals surface area contributed by atoms with E-state index in [0.29, 0.717) is 5.92 Å². The zero-order chi connectivity index (χ0) is 10.8. The van der Waals surface area contributed by atoms with Gasteiger partial charge in [-0.15, -0.1) is 0 Å². The fourth-order valence-corrected chi connectivity index (χ4v) is 1.74. The summed E-state index contributed by atoms with van der Waals surface area (Å²) < 4.78 is 0. The molecule has 0 heterocycles. The van der Waals surface area contributed by atoms with Crippen molar-refractivity contribution >= 4 is 5.91 Å². The second-order valence-corrected chi connectivity index (χ2v) is 4.85. The molecule has 3 atom stereocenters. The molecule has 14 heavy (non-hydrogen) atoms. The zero-order valence-electron chi connectivity index (χ0n) is 9.47. The van der Waals surface area contributed by atoms with Crippen LogP contribution in [0.4, 0.5) is 0 Å². The molecule has 1 rings (SSSR count). The third kappa shape index (κ3) is 2.98. The van der Waals surface area contributed by atoms with Crippen molar-refractivity contribution in [2.45, 2.75) is 45.6 Å². The van der Waals surface area contributed by atoms with Crippen molar-refractivity contribution in [3.05, 3.63) is 0 Å². The van der Waals surface area contributed by atoms with Crippen LogP contribution < -0.4 is 11.1 Å². The average molecular weight is 198 g/mol. The Balaban J connectivity index is 2.26. The van der Waals surface area contributed by atoms with Crippen LogP contribution in [0.25, 0.3) is 0 Å². The molecule has 0 aliphatic heterocycles. The maximum atomic E-state index is 11.7. The van der Waals surface area contributed by atoms with Crippen LogP contribution in [-0.2, 0) is 4.79 Å². The van der Waals surface area contributed by atoms with Crippen molar-refractivity contribution in [1.29, 1.82) is 0 Å². The van der Waals surface area contributed by atoms with E-state index in [1.165, 1.54) is 6.42 Å². The Morgan fingerprint density at radius 1 is 1.64 bits per heavy atom. The molecule has 0 saturated heterocycles. The van der Waals surface area contributed by atoms with Gasteiger partial charge in [-0.05, 0) is 31.6 Å². The number of hydrogen-bond acceptors (Lipinski definition) is 2. The molecule has 1 saturated carbocycles. The van der Waals surface area contributed by atoms with E-state index >= 15 is 0 Å². The molecular weight excluding hydrogens is 176 g/mol. The molecule has 3 N–H and O–H groups in total. The van der Waals surface area contributed by atoms with Gasteiger partial charge in [0.25, 0.3) is 0 Å². The molecule has 0 aromatic carbocycles. The van der Waals surface area contributed by atoms with E-state index < -0.39 is 5.54 Å². The molecule has 1 aliphatic carbocycles. The number of carbonyl (C=O) groups is 1. The number of amides is 1. The lowest BCUT2D eigenvalue weighted by atomic mass is 9.96. The van der Waals surface area contributed by atoms with Gasteiger partial charge in [0.2, 0.25) is 5.91 Å². The lowest BCUT2D eigenvalue weighted by molar-refractivity contribution is -0.126. The van der Waals surface area contributed by atoms with E-state index in [-0.39, 0.29) is 5.91 Å². The first-order chi connectivity index (χ1) is 6.47. The Kier molecular flexibility index (Phi) is 3.53. The van der Waals surface area contributed by atoms with Crippen molar-refractivity contribution in [1.82, 2.24) is 5.32 Å². The maximum Gasteiger partial charge on any atom is 0.239 e. The molecule has 3 heteroatoms. The first-order valence-electron chi connectivity index (χ1n) is 5.54. The molecule has 0 aromatic rings. The monoisotopic (exact) mass is 198 g/mol. The molecule has 3 unspecified atom stereocenters. The summed E-state index contributed by atoms with van der Waals surface area (Å²) in [4.78, 5) is 11.7. The predicted molar refractivity (Wildman–Crippen MR) is 57.8 cm³/mol. The molecule has 0 spiro atoms. The highest BCUT2D eigenvalue weighted by atomic mass is 16.2. The van der Waals surface area contributed by atoms with E-state index in [1.54, 1.807) is 0 Å². The van der Waals surface area contributed by atoms with Crippen LogP contribution in [0.3, 0.4) is 0 Å². The summed E-state index contributed by atoms with van der Waals surface area (Å²) in [5.74, 6) is 1.47. The normalized spacial score (nSPS) is 29.4. The van der Waals surface area contributed by atoms with Gasteiger partial charge in [-0.3, -0.25) is 4.79 Å². The zero-order valence-corrected chi connectivity index (χ0v) is 9.47. The molecular formula is C11H22N2O. The van der Waals surface area contributed by atoms with Crippen molar-refractivity contribution in [3.63, 3.8) is 0 Å². The lowest BCUT2D eigenvalue weighted by Crippen LogP contribution is -2.51. The lowest BCUT2D eigenvalue weighted by Gasteiger charge is -2.22. The van der Waals surface area contributed by atoms with Gasteiger partial charge in [-0.1, -0.05) is 20.3 Å². The largest absolute Gasteiger partial charge is 0.354 e. The minimum absolute atomic E-state index is 0.00144. The number of nitrogens with one attached hydrogen (secondary N) is 1. The van der Waals surface area contributed by atoms with Crippen LogP contribution >= 0.6 is 0 Å². The van der Waals surface area contributed by atoms with E-state index in [2.05, 4.69) is 12.2 Å². The van der Waals surface area contributed by atoms with E-state index in [1.807, 2.05) is 13.8 Å². The molecule has 1 aliphatic rings. The maximum absolute atomic E-state index is 11.7. The highest BCUT2D eigenvalue weighted by molar-refractivity contribution is 5.85. The van der Waals surface area contributed by atoms with Crippen LogP contribution in [-0.4, -0.2) is 18.0 Å². The summed E-state index contributed by atoms with van der Waals surface area (Å²) in [6.07, 6.45) is 2.94. The van der Waals surface area contributed by atoms with Crippen molar-refractivity contribution in [2.75, 3.05) is 6.54 Å². The van der Waals surface area contributed by atoms with Crippen LogP contribution in [0, 0.1) is 11.8 Å². The predicted octanol–water partition coefficient (Wildman–Crippen LogP) is 1.28. The van der Waals surface area contributed by atoms with Crippen LogP contribution in [0.1, 0.15) is 40.0 Å². The van der Waals surface area contributed by atoms with Crippen LogP contribution in [0.2, 0.25) is 0 Å². The molecule has 1 fully saturated rings. The van der Waals surface area contributed by atoms with Crippen molar-refractivity contribution < 1.29 is 4.79 Å². The number of rotatable bonds is 5. The fourth-order valence-electron chi connectivity index (χ4n) is 1.74. The van der Waals surface area contributed by atoms with Crippen molar-refractivity contribution in [2.24, 2.45) is 17.6 Å². The van der Waals surface area contributed by atoms with Gasteiger partial charge in [0, 0.05) is 6.54 Å². The Labute approximate surface area is 86.4 Å². The molecule has 1 amide bonds. The third-order valence-electron chi connectivity index (χ3n) is 3.09. The minimum atomic E-state index is -0.688. The number of hydrogen-bond donors (Lipinski definition) is 2. The van der Waals surface area contributed by atoms with E-state index in [9.17, 15) is 4.79 Å². The van der Waals surface area contributed by atoms with Gasteiger partial charge in [0.15, 0.2) is 0 Å². The highest BCUT2D eigenvalue weighted by Crippen LogP contribution is 2.36. The number of carbonyl (C=O) groups excluding carboxylic acids is 1. The third-order valence-corrected chi connectivity index (χ3v) is 3.09. The van der Waals surface area contributed by atoms with Gasteiger partial charge in [0.05, 0.1) is 5.54 Å². The molecule has 82 valence electrons. The standard InChI is InChI=1S/C11H22N2O/c1-4-5-11(3,12)10(14)13-7-9-6-8(9)2/h8-9H,4-7,12H2,1-3H3,(H,13,14). The smallest absolute Gasteiger partial charge is 0.239 e. The summed E-state index contributed by atoms with van der Waals surface area (Å²) in [6, 6.07) is 0. The van der Waals surface area contributed by atoms with Crippen molar-refractivity contribution in [3.8, 4) is 0 Å². The summed E-state index contributed by atoms with van der Waals surface area (Å²) >= 11 is 0. The Morgan fingerprint density at radius 3 is 2.64 bits per heavy atom. The van der Waals surface area contributed by atoms with Gasteiger partial charge in [-0.2, -0.15) is 0 Å². The second kappa shape index (κ2) is 4.30. The highest BCUT2D eigenvalue weighted by Gasteiger charge is 2.34. The molecule has 0 radical (unpaired) electrons.